The summed E-state index contributed by atoms with van der Waals surface area (Å²) in [6, 6.07) is 9.31. The molecule has 12 heavy (non-hydrogen) atoms. The minimum atomic E-state index is 0. The molecule has 0 aliphatic rings. The van der Waals surface area contributed by atoms with E-state index in [4.69, 9.17) is 0 Å². The second-order valence-electron chi connectivity index (χ2n) is 2.02. The Morgan fingerprint density at radius 2 is 1.33 bits per heavy atom. The standard InChI is InChI=1S/C8H9.2ClH.Li.Mg/c1-7-4-3-5-8(2)6-7;;;;/h3-5H,1-2H3;2*1H;;/q-1;;;+1;+2/p-2. The first kappa shape index (κ1) is 23.2. The van der Waals surface area contributed by atoms with Gasteiger partial charge in [-0.25, -0.2) is 0 Å². The maximum absolute atomic E-state index is 3.17. The van der Waals surface area contributed by atoms with E-state index >= 15 is 0 Å². The third kappa shape index (κ3) is 9.25. The topological polar surface area (TPSA) is 0 Å². The van der Waals surface area contributed by atoms with Crippen LogP contribution in [0, 0.1) is 19.9 Å². The van der Waals surface area contributed by atoms with Gasteiger partial charge in [0, 0.05) is 0 Å². The number of halogens is 2. The van der Waals surface area contributed by atoms with Crippen molar-refractivity contribution >= 4 is 23.1 Å². The van der Waals surface area contributed by atoms with Gasteiger partial charge in [-0.3, -0.25) is 0 Å². The molecular formula is C8H9Cl2LiMg. The minimum absolute atomic E-state index is 0. The molecule has 0 unspecified atom stereocenters. The number of rotatable bonds is 0. The van der Waals surface area contributed by atoms with Crippen molar-refractivity contribution in [2.75, 3.05) is 0 Å². The van der Waals surface area contributed by atoms with E-state index in [0.29, 0.717) is 0 Å². The van der Waals surface area contributed by atoms with E-state index < -0.39 is 0 Å². The number of hydrogen-bond donors (Lipinski definition) is 0. The van der Waals surface area contributed by atoms with Crippen molar-refractivity contribution in [3.63, 3.8) is 0 Å². The second kappa shape index (κ2) is 12.2. The average Bonchev–Trinajstić information content (AvgIpc) is 1.64. The van der Waals surface area contributed by atoms with Gasteiger partial charge < -0.3 is 24.8 Å². The smallest absolute Gasteiger partial charge is 1.00 e. The summed E-state index contributed by atoms with van der Waals surface area (Å²) in [7, 11) is 0. The quantitative estimate of drug-likeness (QED) is 0.293. The first-order valence-electron chi connectivity index (χ1n) is 2.74. The molecule has 1 aromatic rings. The molecule has 0 spiro atoms. The van der Waals surface area contributed by atoms with E-state index in [9.17, 15) is 0 Å². The van der Waals surface area contributed by atoms with Crippen LogP contribution >= 0.6 is 0 Å². The van der Waals surface area contributed by atoms with Crippen molar-refractivity contribution in [3.05, 3.63) is 35.4 Å². The minimum Gasteiger partial charge on any atom is -1.00 e. The van der Waals surface area contributed by atoms with E-state index in [-0.39, 0.29) is 66.7 Å². The maximum atomic E-state index is 3.17. The van der Waals surface area contributed by atoms with Gasteiger partial charge in [0.2, 0.25) is 0 Å². The summed E-state index contributed by atoms with van der Waals surface area (Å²) < 4.78 is 0. The first-order chi connectivity index (χ1) is 3.79. The van der Waals surface area contributed by atoms with Gasteiger partial charge in [0.05, 0.1) is 0 Å². The van der Waals surface area contributed by atoms with Crippen molar-refractivity contribution in [2.24, 2.45) is 0 Å². The van der Waals surface area contributed by atoms with Crippen LogP contribution in [0.1, 0.15) is 11.1 Å². The Hall–Kier alpha value is 1.16. The fraction of sp³-hybridized carbons (Fsp3) is 0.250. The van der Waals surface area contributed by atoms with Gasteiger partial charge in [-0.1, -0.05) is 13.8 Å². The van der Waals surface area contributed by atoms with E-state index in [2.05, 4.69) is 6.07 Å². The van der Waals surface area contributed by atoms with Crippen LogP contribution in [0.5, 0.6) is 0 Å². The Bertz CT molecular complexity index is 177. The first-order valence-corrected chi connectivity index (χ1v) is 2.74. The Labute approximate surface area is 115 Å². The van der Waals surface area contributed by atoms with E-state index in [1.54, 1.807) is 0 Å². The normalized spacial score (nSPS) is 6.17. The molecule has 0 aliphatic carbocycles. The SMILES string of the molecule is Cc1[c-]c(C)ccc1.[Cl-].[Cl-].[Li+].[Mg+2]. The molecule has 0 heterocycles. The van der Waals surface area contributed by atoms with Crippen LogP contribution in [0.3, 0.4) is 0 Å². The van der Waals surface area contributed by atoms with Crippen molar-refractivity contribution < 1.29 is 43.7 Å². The maximum Gasteiger partial charge on any atom is 2.00 e. The second-order valence-corrected chi connectivity index (χ2v) is 2.02. The third-order valence-corrected chi connectivity index (χ3v) is 1.09. The van der Waals surface area contributed by atoms with Gasteiger partial charge in [0.1, 0.15) is 0 Å². The number of hydrogen-bond acceptors (Lipinski definition) is 0. The molecule has 0 fully saturated rings. The van der Waals surface area contributed by atoms with E-state index in [1.165, 1.54) is 11.1 Å². The van der Waals surface area contributed by atoms with Crippen molar-refractivity contribution in [1.82, 2.24) is 0 Å². The zero-order chi connectivity index (χ0) is 5.98. The van der Waals surface area contributed by atoms with Crippen LogP contribution in [0.4, 0.5) is 0 Å². The molecule has 1 rings (SSSR count). The molecular weight excluding hydrogens is 198 g/mol. The van der Waals surface area contributed by atoms with E-state index in [1.807, 2.05) is 32.0 Å². The molecule has 0 amide bonds. The van der Waals surface area contributed by atoms with Crippen molar-refractivity contribution in [1.29, 1.82) is 0 Å². The number of aryl methyl sites for hydroxylation is 2. The van der Waals surface area contributed by atoms with Gasteiger partial charge in [-0.15, -0.1) is 0 Å². The molecule has 0 N–H and O–H groups in total. The fourth-order valence-electron chi connectivity index (χ4n) is 0.731. The molecule has 0 aromatic heterocycles. The largest absolute Gasteiger partial charge is 2.00 e. The zero-order valence-corrected chi connectivity index (χ0v) is 10.6. The molecule has 1 aromatic carbocycles. The van der Waals surface area contributed by atoms with Gasteiger partial charge in [-0.05, 0) is 0 Å². The molecule has 0 radical (unpaired) electrons. The predicted molar refractivity (Wildman–Crippen MR) is 40.5 cm³/mol. The fourth-order valence-corrected chi connectivity index (χ4v) is 0.731. The van der Waals surface area contributed by atoms with Gasteiger partial charge in [0.25, 0.3) is 0 Å². The molecule has 0 bridgehead atoms. The molecule has 4 heteroatoms. The van der Waals surface area contributed by atoms with Crippen molar-refractivity contribution in [3.8, 4) is 0 Å². The van der Waals surface area contributed by atoms with Crippen LogP contribution in [0.25, 0.3) is 0 Å². The van der Waals surface area contributed by atoms with Gasteiger partial charge >= 0.3 is 41.9 Å². The molecule has 0 saturated heterocycles. The Kier molecular flexibility index (Phi) is 23.5. The van der Waals surface area contributed by atoms with Gasteiger partial charge in [0.15, 0.2) is 0 Å². The third-order valence-electron chi connectivity index (χ3n) is 1.09. The number of benzene rings is 1. The summed E-state index contributed by atoms with van der Waals surface area (Å²) in [5, 5.41) is 0. The van der Waals surface area contributed by atoms with Crippen LogP contribution in [-0.2, 0) is 0 Å². The summed E-state index contributed by atoms with van der Waals surface area (Å²) in [6.45, 7) is 4.10. The zero-order valence-electron chi connectivity index (χ0n) is 7.70. The van der Waals surface area contributed by atoms with Crippen LogP contribution in [0.2, 0.25) is 0 Å². The summed E-state index contributed by atoms with van der Waals surface area (Å²) >= 11 is 0. The molecule has 0 aliphatic heterocycles. The summed E-state index contributed by atoms with van der Waals surface area (Å²) in [6.07, 6.45) is 0. The molecule has 0 atom stereocenters. The van der Waals surface area contributed by atoms with Crippen molar-refractivity contribution in [2.45, 2.75) is 13.8 Å². The molecule has 0 saturated carbocycles. The molecule has 0 nitrogen and oxygen atoms in total. The van der Waals surface area contributed by atoms with Gasteiger partial charge in [-0.2, -0.15) is 35.4 Å². The Morgan fingerprint density at radius 3 is 1.50 bits per heavy atom. The Balaban J connectivity index is -0.0000000800. The predicted octanol–water partition coefficient (Wildman–Crippen LogP) is -7.27. The Morgan fingerprint density at radius 1 is 1.00 bits per heavy atom. The van der Waals surface area contributed by atoms with Crippen LogP contribution in [-0.4, -0.2) is 23.1 Å². The monoisotopic (exact) mass is 206 g/mol. The average molecular weight is 207 g/mol. The van der Waals surface area contributed by atoms with Crippen LogP contribution in [0.15, 0.2) is 18.2 Å². The summed E-state index contributed by atoms with van der Waals surface area (Å²) in [5.74, 6) is 0. The summed E-state index contributed by atoms with van der Waals surface area (Å²) in [4.78, 5) is 0. The summed E-state index contributed by atoms with van der Waals surface area (Å²) in [5.41, 5.74) is 2.43. The molecule has 58 valence electrons. The van der Waals surface area contributed by atoms with E-state index in [0.717, 1.165) is 0 Å². The van der Waals surface area contributed by atoms with Crippen LogP contribution < -0.4 is 43.7 Å².